The van der Waals surface area contributed by atoms with Gasteiger partial charge in [0.15, 0.2) is 0 Å². The molecular weight excluding hydrogens is 262 g/mol. The predicted octanol–water partition coefficient (Wildman–Crippen LogP) is 3.80. The minimum atomic E-state index is -0.0146. The Bertz CT molecular complexity index is 413. The fourth-order valence-electron chi connectivity index (χ4n) is 2.13. The Balaban J connectivity index is 2.20. The zero-order valence-corrected chi connectivity index (χ0v) is 13.9. The first-order valence-corrected chi connectivity index (χ1v) is 7.92. The summed E-state index contributed by atoms with van der Waals surface area (Å²) in [6.07, 6.45) is 8.03. The summed E-state index contributed by atoms with van der Waals surface area (Å²) >= 11 is 0. The van der Waals surface area contributed by atoms with E-state index in [0.717, 1.165) is 24.7 Å². The first-order chi connectivity index (χ1) is 10.0. The molecule has 118 valence electrons. The molecule has 0 aliphatic rings. The quantitative estimate of drug-likeness (QED) is 0.704. The zero-order chi connectivity index (χ0) is 15.7. The lowest BCUT2D eigenvalue weighted by Gasteiger charge is -2.10. The highest BCUT2D eigenvalue weighted by molar-refractivity contribution is 5.93. The second-order valence-corrected chi connectivity index (χ2v) is 6.16. The van der Waals surface area contributed by atoms with Crippen molar-refractivity contribution in [1.82, 2.24) is 9.88 Å². The molecule has 1 rings (SSSR count). The van der Waals surface area contributed by atoms with Crippen molar-refractivity contribution in [2.24, 2.45) is 5.92 Å². The van der Waals surface area contributed by atoms with Crippen molar-refractivity contribution in [2.75, 3.05) is 26.0 Å². The van der Waals surface area contributed by atoms with Crippen LogP contribution in [0.1, 0.15) is 56.3 Å². The molecule has 0 spiro atoms. The van der Waals surface area contributed by atoms with E-state index < -0.39 is 0 Å². The Morgan fingerprint density at radius 2 is 1.90 bits per heavy atom. The van der Waals surface area contributed by atoms with Crippen LogP contribution < -0.4 is 5.32 Å². The van der Waals surface area contributed by atoms with Gasteiger partial charge >= 0.3 is 0 Å². The molecule has 1 amide bonds. The Morgan fingerprint density at radius 1 is 1.19 bits per heavy atom. The molecular formula is C17H29N3O. The van der Waals surface area contributed by atoms with Crippen molar-refractivity contribution in [2.45, 2.75) is 46.0 Å². The molecule has 1 aromatic heterocycles. The summed E-state index contributed by atoms with van der Waals surface area (Å²) in [6, 6.07) is 3.69. The molecule has 1 N–H and O–H groups in total. The average Bonchev–Trinajstić information content (AvgIpc) is 2.45. The topological polar surface area (TPSA) is 45.2 Å². The third-order valence-electron chi connectivity index (χ3n) is 3.43. The number of nitrogens with zero attached hydrogens (tertiary/aromatic N) is 2. The Kier molecular flexibility index (Phi) is 7.80. The molecule has 0 saturated heterocycles. The fourth-order valence-corrected chi connectivity index (χ4v) is 2.13. The number of carbonyl (C=O) groups is 1. The van der Waals surface area contributed by atoms with Crippen molar-refractivity contribution < 1.29 is 4.79 Å². The lowest BCUT2D eigenvalue weighted by molar-refractivity contribution is 0.0827. The van der Waals surface area contributed by atoms with Crippen molar-refractivity contribution in [1.29, 1.82) is 0 Å². The third-order valence-corrected chi connectivity index (χ3v) is 3.43. The molecule has 0 aromatic carbocycles. The molecule has 0 bridgehead atoms. The highest BCUT2D eigenvalue weighted by Crippen LogP contribution is 2.10. The predicted molar refractivity (Wildman–Crippen MR) is 88.7 cm³/mol. The zero-order valence-electron chi connectivity index (χ0n) is 13.9. The van der Waals surface area contributed by atoms with Crippen molar-refractivity contribution >= 4 is 11.7 Å². The lowest BCUT2D eigenvalue weighted by Crippen LogP contribution is -2.21. The second kappa shape index (κ2) is 9.37. The first-order valence-electron chi connectivity index (χ1n) is 7.92. The maximum atomic E-state index is 11.7. The van der Waals surface area contributed by atoms with Crippen molar-refractivity contribution in [3.05, 3.63) is 23.9 Å². The van der Waals surface area contributed by atoms with Gasteiger partial charge in [-0.25, -0.2) is 4.98 Å². The average molecular weight is 291 g/mol. The van der Waals surface area contributed by atoms with E-state index in [0.29, 0.717) is 5.56 Å². The van der Waals surface area contributed by atoms with E-state index >= 15 is 0 Å². The molecule has 0 radical (unpaired) electrons. The van der Waals surface area contributed by atoms with Crippen LogP contribution >= 0.6 is 0 Å². The maximum Gasteiger partial charge on any atom is 0.254 e. The second-order valence-electron chi connectivity index (χ2n) is 6.16. The number of hydrogen-bond donors (Lipinski definition) is 1. The number of pyridine rings is 1. The van der Waals surface area contributed by atoms with Crippen LogP contribution in [-0.2, 0) is 0 Å². The highest BCUT2D eigenvalue weighted by atomic mass is 16.2. The van der Waals surface area contributed by atoms with Gasteiger partial charge in [0.05, 0.1) is 5.56 Å². The number of carbonyl (C=O) groups excluding carboxylic acids is 1. The molecule has 0 atom stereocenters. The van der Waals surface area contributed by atoms with E-state index in [1.54, 1.807) is 25.2 Å². The van der Waals surface area contributed by atoms with Crippen LogP contribution in [0.3, 0.4) is 0 Å². The van der Waals surface area contributed by atoms with Crippen LogP contribution in [0.4, 0.5) is 5.82 Å². The molecule has 4 heteroatoms. The minimum absolute atomic E-state index is 0.0146. The van der Waals surface area contributed by atoms with Gasteiger partial charge in [-0.15, -0.1) is 0 Å². The molecule has 0 aliphatic heterocycles. The van der Waals surface area contributed by atoms with Gasteiger partial charge < -0.3 is 10.2 Å². The molecule has 0 fully saturated rings. The molecule has 1 heterocycles. The van der Waals surface area contributed by atoms with Crippen LogP contribution in [0, 0.1) is 5.92 Å². The van der Waals surface area contributed by atoms with Gasteiger partial charge in [-0.1, -0.05) is 39.5 Å². The molecule has 0 aliphatic carbocycles. The SMILES string of the molecule is CC(C)CCCCCCNc1ccc(C(=O)N(C)C)cn1. The maximum absolute atomic E-state index is 11.7. The highest BCUT2D eigenvalue weighted by Gasteiger charge is 2.07. The lowest BCUT2D eigenvalue weighted by atomic mass is 10.0. The van der Waals surface area contributed by atoms with Gasteiger partial charge in [0, 0.05) is 26.8 Å². The molecule has 1 aromatic rings. The number of rotatable bonds is 9. The standard InChI is InChI=1S/C17H29N3O/c1-14(2)9-7-5-6-8-12-18-16-11-10-15(13-19-16)17(21)20(3)4/h10-11,13-14H,5-9,12H2,1-4H3,(H,18,19). The van der Waals surface area contributed by atoms with Crippen LogP contribution in [-0.4, -0.2) is 36.4 Å². The summed E-state index contributed by atoms with van der Waals surface area (Å²) in [7, 11) is 3.49. The molecule has 0 saturated carbocycles. The van der Waals surface area contributed by atoms with Crippen molar-refractivity contribution in [3.63, 3.8) is 0 Å². The first kappa shape index (κ1) is 17.5. The van der Waals surface area contributed by atoms with E-state index in [1.807, 2.05) is 12.1 Å². The van der Waals surface area contributed by atoms with Gasteiger partial charge in [0.1, 0.15) is 5.82 Å². The van der Waals surface area contributed by atoms with E-state index in [4.69, 9.17) is 0 Å². The van der Waals surface area contributed by atoms with E-state index in [1.165, 1.54) is 25.7 Å². The number of aromatic nitrogens is 1. The molecule has 0 unspecified atom stereocenters. The van der Waals surface area contributed by atoms with E-state index in [2.05, 4.69) is 24.1 Å². The summed E-state index contributed by atoms with van der Waals surface area (Å²) < 4.78 is 0. The summed E-state index contributed by atoms with van der Waals surface area (Å²) in [6.45, 7) is 5.49. The van der Waals surface area contributed by atoms with Crippen LogP contribution in [0.25, 0.3) is 0 Å². The molecule has 21 heavy (non-hydrogen) atoms. The number of unbranched alkanes of at least 4 members (excludes halogenated alkanes) is 3. The van der Waals surface area contributed by atoms with Gasteiger partial charge in [-0.05, 0) is 24.5 Å². The Labute approximate surface area is 129 Å². The Hall–Kier alpha value is -1.58. The Morgan fingerprint density at radius 3 is 2.48 bits per heavy atom. The van der Waals surface area contributed by atoms with Gasteiger partial charge in [-0.2, -0.15) is 0 Å². The van der Waals surface area contributed by atoms with Crippen LogP contribution in [0.15, 0.2) is 18.3 Å². The van der Waals surface area contributed by atoms with Crippen LogP contribution in [0.5, 0.6) is 0 Å². The number of anilines is 1. The monoisotopic (exact) mass is 291 g/mol. The third kappa shape index (κ3) is 7.11. The van der Waals surface area contributed by atoms with Gasteiger partial charge in [0.25, 0.3) is 5.91 Å². The summed E-state index contributed by atoms with van der Waals surface area (Å²) in [5.74, 6) is 1.64. The summed E-state index contributed by atoms with van der Waals surface area (Å²) in [5, 5.41) is 3.30. The summed E-state index contributed by atoms with van der Waals surface area (Å²) in [5.41, 5.74) is 0.624. The minimum Gasteiger partial charge on any atom is -0.370 e. The fraction of sp³-hybridized carbons (Fsp3) is 0.647. The summed E-state index contributed by atoms with van der Waals surface area (Å²) in [4.78, 5) is 17.6. The van der Waals surface area contributed by atoms with Gasteiger partial charge in [0.2, 0.25) is 0 Å². The van der Waals surface area contributed by atoms with Gasteiger partial charge in [-0.3, -0.25) is 4.79 Å². The van der Waals surface area contributed by atoms with Crippen molar-refractivity contribution in [3.8, 4) is 0 Å². The normalized spacial score (nSPS) is 10.7. The van der Waals surface area contributed by atoms with E-state index in [9.17, 15) is 4.79 Å². The number of amides is 1. The smallest absolute Gasteiger partial charge is 0.254 e. The van der Waals surface area contributed by atoms with E-state index in [-0.39, 0.29) is 5.91 Å². The van der Waals surface area contributed by atoms with Crippen LogP contribution in [0.2, 0.25) is 0 Å². The molecule has 4 nitrogen and oxygen atoms in total. The largest absolute Gasteiger partial charge is 0.370 e. The number of hydrogen-bond acceptors (Lipinski definition) is 3. The number of nitrogens with one attached hydrogen (secondary N) is 1.